The molecule has 0 amide bonds. The van der Waals surface area contributed by atoms with Gasteiger partial charge in [0.05, 0.1) is 5.69 Å². The number of nitrogens with zero attached hydrogens (tertiary/aromatic N) is 3. The summed E-state index contributed by atoms with van der Waals surface area (Å²) in [6.45, 7) is 12.4. The zero-order valence-corrected chi connectivity index (χ0v) is 13.0. The molecule has 0 bridgehead atoms. The molecule has 0 radical (unpaired) electrons. The molecule has 4 heteroatoms. The van der Waals surface area contributed by atoms with Gasteiger partial charge in [0.1, 0.15) is 0 Å². The number of likely N-dealkylation sites (tertiary alicyclic amines) is 1. The maximum atomic E-state index is 4.50. The van der Waals surface area contributed by atoms with Gasteiger partial charge in [-0.15, -0.1) is 0 Å². The lowest BCUT2D eigenvalue weighted by molar-refractivity contribution is 0.247. The van der Waals surface area contributed by atoms with Crippen molar-refractivity contribution in [2.75, 3.05) is 19.6 Å². The van der Waals surface area contributed by atoms with Crippen LogP contribution >= 0.6 is 0 Å². The number of hydrogen-bond acceptors (Lipinski definition) is 3. The smallest absolute Gasteiger partial charge is 0.0644 e. The molecule has 19 heavy (non-hydrogen) atoms. The van der Waals surface area contributed by atoms with Crippen molar-refractivity contribution in [1.29, 1.82) is 0 Å². The van der Waals surface area contributed by atoms with E-state index in [4.69, 9.17) is 0 Å². The van der Waals surface area contributed by atoms with Crippen molar-refractivity contribution in [3.63, 3.8) is 0 Å². The predicted octanol–water partition coefficient (Wildman–Crippen LogP) is 2.17. The molecule has 1 aromatic rings. The quantitative estimate of drug-likeness (QED) is 0.885. The summed E-state index contributed by atoms with van der Waals surface area (Å²) in [5.41, 5.74) is 3.77. The standard InChI is InChI=1S/C15H28N4/c1-11(19-8-6-7-9-19)10-16-12(2)15-13(3)17-18(5)14(15)4/h11-12,16H,6-10H2,1-5H3. The molecule has 1 saturated heterocycles. The summed E-state index contributed by atoms with van der Waals surface area (Å²) in [7, 11) is 2.02. The number of nitrogens with one attached hydrogen (secondary N) is 1. The molecule has 0 spiro atoms. The number of aryl methyl sites for hydroxylation is 2. The number of hydrogen-bond donors (Lipinski definition) is 1. The summed E-state index contributed by atoms with van der Waals surface area (Å²) in [4.78, 5) is 2.59. The summed E-state index contributed by atoms with van der Waals surface area (Å²) in [5.74, 6) is 0. The molecule has 1 fully saturated rings. The van der Waals surface area contributed by atoms with E-state index in [1.165, 1.54) is 37.2 Å². The third-order valence-corrected chi connectivity index (χ3v) is 4.48. The van der Waals surface area contributed by atoms with Crippen LogP contribution in [0.25, 0.3) is 0 Å². The Hall–Kier alpha value is -0.870. The van der Waals surface area contributed by atoms with Crippen LogP contribution in [0.4, 0.5) is 0 Å². The summed E-state index contributed by atoms with van der Waals surface area (Å²) >= 11 is 0. The maximum absolute atomic E-state index is 4.50. The molecular weight excluding hydrogens is 236 g/mol. The molecule has 2 unspecified atom stereocenters. The van der Waals surface area contributed by atoms with E-state index in [1.54, 1.807) is 0 Å². The fourth-order valence-electron chi connectivity index (χ4n) is 3.18. The van der Waals surface area contributed by atoms with Crippen molar-refractivity contribution in [2.45, 2.75) is 52.6 Å². The van der Waals surface area contributed by atoms with Crippen molar-refractivity contribution in [3.05, 3.63) is 17.0 Å². The molecule has 0 aromatic carbocycles. The van der Waals surface area contributed by atoms with Gasteiger partial charge in [-0.25, -0.2) is 0 Å². The first-order chi connectivity index (χ1) is 9.00. The molecule has 2 heterocycles. The van der Waals surface area contributed by atoms with Crippen molar-refractivity contribution in [2.24, 2.45) is 7.05 Å². The largest absolute Gasteiger partial charge is 0.309 e. The van der Waals surface area contributed by atoms with E-state index in [-0.39, 0.29) is 0 Å². The van der Waals surface area contributed by atoms with E-state index in [0.717, 1.165) is 12.2 Å². The van der Waals surface area contributed by atoms with Gasteiger partial charge in [-0.3, -0.25) is 9.58 Å². The van der Waals surface area contributed by atoms with E-state index in [2.05, 4.69) is 43.0 Å². The Kier molecular flexibility index (Phi) is 4.63. The van der Waals surface area contributed by atoms with E-state index in [9.17, 15) is 0 Å². The van der Waals surface area contributed by atoms with Crippen molar-refractivity contribution < 1.29 is 0 Å². The van der Waals surface area contributed by atoms with E-state index < -0.39 is 0 Å². The average Bonchev–Trinajstić information content (AvgIpc) is 2.96. The number of aromatic nitrogens is 2. The van der Waals surface area contributed by atoms with Crippen LogP contribution in [0.1, 0.15) is 49.7 Å². The van der Waals surface area contributed by atoms with Crippen molar-refractivity contribution in [3.8, 4) is 0 Å². The summed E-state index contributed by atoms with van der Waals surface area (Å²) < 4.78 is 1.98. The monoisotopic (exact) mass is 264 g/mol. The molecule has 1 aromatic heterocycles. The lowest BCUT2D eigenvalue weighted by atomic mass is 10.1. The maximum Gasteiger partial charge on any atom is 0.0644 e. The van der Waals surface area contributed by atoms with Gasteiger partial charge in [-0.1, -0.05) is 0 Å². The van der Waals surface area contributed by atoms with Gasteiger partial charge in [0.25, 0.3) is 0 Å². The van der Waals surface area contributed by atoms with E-state index in [1.807, 2.05) is 11.7 Å². The predicted molar refractivity (Wildman–Crippen MR) is 79.4 cm³/mol. The van der Waals surface area contributed by atoms with Crippen LogP contribution in [0, 0.1) is 13.8 Å². The van der Waals surface area contributed by atoms with E-state index in [0.29, 0.717) is 12.1 Å². The lowest BCUT2D eigenvalue weighted by Crippen LogP contribution is -2.39. The summed E-state index contributed by atoms with van der Waals surface area (Å²) in [5, 5.41) is 8.18. The zero-order valence-electron chi connectivity index (χ0n) is 13.0. The fourth-order valence-corrected chi connectivity index (χ4v) is 3.18. The van der Waals surface area contributed by atoms with Crippen molar-refractivity contribution in [1.82, 2.24) is 20.0 Å². The Labute approximate surface area is 117 Å². The SMILES string of the molecule is Cc1nn(C)c(C)c1C(C)NCC(C)N1CCCC1. The minimum absolute atomic E-state index is 0.374. The van der Waals surface area contributed by atoms with Crippen LogP contribution in [0.3, 0.4) is 0 Å². The highest BCUT2D eigenvalue weighted by atomic mass is 15.3. The van der Waals surface area contributed by atoms with Gasteiger partial charge in [0, 0.05) is 36.9 Å². The van der Waals surface area contributed by atoms with Crippen LogP contribution < -0.4 is 5.32 Å². The van der Waals surface area contributed by atoms with Crippen LogP contribution in [0.2, 0.25) is 0 Å². The Balaban J connectivity index is 1.91. The highest BCUT2D eigenvalue weighted by Crippen LogP contribution is 2.21. The number of rotatable bonds is 5. The zero-order chi connectivity index (χ0) is 14.0. The first kappa shape index (κ1) is 14.5. The molecule has 1 aliphatic rings. The molecule has 0 saturated carbocycles. The second-order valence-electron chi connectivity index (χ2n) is 5.93. The first-order valence-corrected chi connectivity index (χ1v) is 7.48. The average molecular weight is 264 g/mol. The highest BCUT2D eigenvalue weighted by molar-refractivity contribution is 5.27. The van der Waals surface area contributed by atoms with Gasteiger partial charge in [0.15, 0.2) is 0 Å². The minimum atomic E-state index is 0.374. The minimum Gasteiger partial charge on any atom is -0.309 e. The van der Waals surface area contributed by atoms with E-state index >= 15 is 0 Å². The highest BCUT2D eigenvalue weighted by Gasteiger charge is 2.20. The topological polar surface area (TPSA) is 33.1 Å². The summed E-state index contributed by atoms with van der Waals surface area (Å²) in [6, 6.07) is 1.00. The lowest BCUT2D eigenvalue weighted by Gasteiger charge is -2.26. The van der Waals surface area contributed by atoms with Crippen LogP contribution in [0.15, 0.2) is 0 Å². The Morgan fingerprint density at radius 3 is 2.37 bits per heavy atom. The van der Waals surface area contributed by atoms with Gasteiger partial charge in [-0.2, -0.15) is 5.10 Å². The second-order valence-corrected chi connectivity index (χ2v) is 5.93. The fraction of sp³-hybridized carbons (Fsp3) is 0.800. The molecule has 2 atom stereocenters. The normalized spacial score (nSPS) is 19.8. The Bertz CT molecular complexity index is 418. The van der Waals surface area contributed by atoms with Gasteiger partial charge in [-0.05, 0) is 53.6 Å². The first-order valence-electron chi connectivity index (χ1n) is 7.48. The third-order valence-electron chi connectivity index (χ3n) is 4.48. The molecule has 1 aliphatic heterocycles. The van der Waals surface area contributed by atoms with Crippen LogP contribution in [-0.2, 0) is 7.05 Å². The van der Waals surface area contributed by atoms with Gasteiger partial charge in [0.2, 0.25) is 0 Å². The molecule has 0 aliphatic carbocycles. The molecule has 2 rings (SSSR count). The van der Waals surface area contributed by atoms with Crippen LogP contribution in [-0.4, -0.2) is 40.4 Å². The Morgan fingerprint density at radius 2 is 1.84 bits per heavy atom. The second kappa shape index (κ2) is 6.06. The molecule has 108 valence electrons. The van der Waals surface area contributed by atoms with Crippen LogP contribution in [0.5, 0.6) is 0 Å². The third kappa shape index (κ3) is 3.18. The molecular formula is C15H28N4. The van der Waals surface area contributed by atoms with Crippen molar-refractivity contribution >= 4 is 0 Å². The van der Waals surface area contributed by atoms with Gasteiger partial charge < -0.3 is 5.32 Å². The van der Waals surface area contributed by atoms with Gasteiger partial charge >= 0.3 is 0 Å². The molecule has 1 N–H and O–H groups in total. The summed E-state index contributed by atoms with van der Waals surface area (Å²) in [6.07, 6.45) is 2.72. The Morgan fingerprint density at radius 1 is 1.21 bits per heavy atom. The molecule has 4 nitrogen and oxygen atoms in total.